The summed E-state index contributed by atoms with van der Waals surface area (Å²) < 4.78 is 1.60. The number of aromatic carboxylic acids is 1. The molecule has 0 spiro atoms. The molecular formula is C23H16N5O3-. The van der Waals surface area contributed by atoms with E-state index >= 15 is 0 Å². The van der Waals surface area contributed by atoms with Crippen LogP contribution in [0, 0.1) is 0 Å². The Hall–Kier alpha value is -4.59. The molecule has 0 aliphatic heterocycles. The summed E-state index contributed by atoms with van der Waals surface area (Å²) in [5.74, 6) is -1.34. The van der Waals surface area contributed by atoms with Gasteiger partial charge in [0.15, 0.2) is 5.82 Å². The number of hydrogen-bond acceptors (Lipinski definition) is 6. The number of aromatic nitrogens is 3. The van der Waals surface area contributed by atoms with Crippen molar-refractivity contribution in [1.29, 1.82) is 0 Å². The van der Waals surface area contributed by atoms with Crippen molar-refractivity contribution in [3.8, 4) is 17.1 Å². The molecule has 4 rings (SSSR count). The molecule has 1 N–H and O–H groups in total. The number of carbonyl (C=O) groups excluding carboxylic acids is 2. The van der Waals surface area contributed by atoms with Gasteiger partial charge in [-0.2, -0.15) is 5.10 Å². The predicted molar refractivity (Wildman–Crippen MR) is 113 cm³/mol. The van der Waals surface area contributed by atoms with Crippen LogP contribution in [0.4, 0.5) is 0 Å². The summed E-state index contributed by atoms with van der Waals surface area (Å²) in [6, 6.07) is 24.7. The number of nitrogens with zero attached hydrogens (tertiary/aromatic N) is 4. The van der Waals surface area contributed by atoms with E-state index in [1.54, 1.807) is 16.8 Å². The van der Waals surface area contributed by atoms with Gasteiger partial charge in [0.2, 0.25) is 5.82 Å². The molecule has 0 aliphatic rings. The molecule has 0 atom stereocenters. The Morgan fingerprint density at radius 2 is 1.55 bits per heavy atom. The number of benzene rings is 3. The average molecular weight is 410 g/mol. The zero-order valence-corrected chi connectivity index (χ0v) is 16.2. The highest BCUT2D eigenvalue weighted by molar-refractivity contribution is 5.92. The summed E-state index contributed by atoms with van der Waals surface area (Å²) in [6.07, 6.45) is 1.39. The maximum atomic E-state index is 12.6. The number of carbonyl (C=O) groups is 2. The van der Waals surface area contributed by atoms with Crippen molar-refractivity contribution < 1.29 is 14.7 Å². The number of nitrogens with one attached hydrogen (secondary N) is 1. The Balaban J connectivity index is 1.57. The Kier molecular flexibility index (Phi) is 5.62. The predicted octanol–water partition coefficient (Wildman–Crippen LogP) is 2.06. The third-order valence-electron chi connectivity index (χ3n) is 4.37. The minimum absolute atomic E-state index is 0.0350. The van der Waals surface area contributed by atoms with Gasteiger partial charge in [-0.25, -0.2) is 15.1 Å². The zero-order chi connectivity index (χ0) is 21.6. The minimum Gasteiger partial charge on any atom is -0.545 e. The van der Waals surface area contributed by atoms with E-state index in [1.807, 2.05) is 60.7 Å². The van der Waals surface area contributed by atoms with Gasteiger partial charge in [0, 0.05) is 5.56 Å². The largest absolute Gasteiger partial charge is 0.545 e. The number of carboxylic acids is 1. The van der Waals surface area contributed by atoms with Gasteiger partial charge in [-0.15, -0.1) is 5.10 Å². The van der Waals surface area contributed by atoms with Gasteiger partial charge in [-0.1, -0.05) is 72.8 Å². The molecule has 0 saturated carbocycles. The van der Waals surface area contributed by atoms with Crippen molar-refractivity contribution in [3.63, 3.8) is 0 Å². The third kappa shape index (κ3) is 4.54. The van der Waals surface area contributed by atoms with Crippen LogP contribution in [-0.4, -0.2) is 32.9 Å². The van der Waals surface area contributed by atoms with Gasteiger partial charge in [-0.3, -0.25) is 4.79 Å². The number of carboxylic acid groups (broad SMARTS) is 1. The summed E-state index contributed by atoms with van der Waals surface area (Å²) in [7, 11) is 0. The Morgan fingerprint density at radius 3 is 2.19 bits per heavy atom. The first-order valence-corrected chi connectivity index (χ1v) is 9.34. The average Bonchev–Trinajstić information content (AvgIpc) is 3.26. The highest BCUT2D eigenvalue weighted by Gasteiger charge is 2.18. The van der Waals surface area contributed by atoms with Crippen LogP contribution in [0.5, 0.6) is 0 Å². The van der Waals surface area contributed by atoms with E-state index in [1.165, 1.54) is 18.3 Å². The lowest BCUT2D eigenvalue weighted by Crippen LogP contribution is -2.22. The highest BCUT2D eigenvalue weighted by Crippen LogP contribution is 2.20. The second kappa shape index (κ2) is 8.83. The van der Waals surface area contributed by atoms with E-state index < -0.39 is 11.9 Å². The van der Waals surface area contributed by atoms with E-state index in [0.29, 0.717) is 11.4 Å². The lowest BCUT2D eigenvalue weighted by molar-refractivity contribution is -0.255. The van der Waals surface area contributed by atoms with Crippen molar-refractivity contribution in [2.75, 3.05) is 0 Å². The van der Waals surface area contributed by atoms with Gasteiger partial charge in [0.05, 0.1) is 17.9 Å². The lowest BCUT2D eigenvalue weighted by atomic mass is 10.1. The number of rotatable bonds is 6. The van der Waals surface area contributed by atoms with Gasteiger partial charge >= 0.3 is 5.91 Å². The summed E-state index contributed by atoms with van der Waals surface area (Å²) in [6.45, 7) is 0. The molecule has 1 heterocycles. The van der Waals surface area contributed by atoms with Crippen LogP contribution >= 0.6 is 0 Å². The number of hydrazone groups is 1. The molecule has 0 aliphatic carbocycles. The molecule has 0 radical (unpaired) electrons. The van der Waals surface area contributed by atoms with Crippen molar-refractivity contribution in [2.45, 2.75) is 0 Å². The number of hydrogen-bond donors (Lipinski definition) is 1. The van der Waals surface area contributed by atoms with Gasteiger partial charge in [-0.05, 0) is 23.3 Å². The standard InChI is InChI=1S/C23H17N5O3/c29-22(26-24-15-16-11-13-18(14-12-16)23(30)31)20-25-21(17-7-3-1-4-8-17)28(27-20)19-9-5-2-6-10-19/h1-15H,(H,26,29)(H,30,31)/p-1. The van der Waals surface area contributed by atoms with E-state index in [0.717, 1.165) is 11.3 Å². The fraction of sp³-hybridized carbons (Fsp3) is 0. The first-order chi connectivity index (χ1) is 15.1. The van der Waals surface area contributed by atoms with E-state index in [2.05, 4.69) is 20.6 Å². The van der Waals surface area contributed by atoms with E-state index in [-0.39, 0.29) is 11.4 Å². The van der Waals surface area contributed by atoms with Gasteiger partial charge in [0.1, 0.15) is 0 Å². The van der Waals surface area contributed by atoms with Crippen molar-refractivity contribution in [3.05, 3.63) is 102 Å². The Morgan fingerprint density at radius 1 is 0.903 bits per heavy atom. The maximum Gasteiger partial charge on any atom is 0.311 e. The van der Waals surface area contributed by atoms with Crippen molar-refractivity contribution in [2.24, 2.45) is 5.10 Å². The quantitative estimate of drug-likeness (QED) is 0.386. The van der Waals surface area contributed by atoms with E-state index in [4.69, 9.17) is 0 Å². The van der Waals surface area contributed by atoms with Gasteiger partial charge in [0.25, 0.3) is 0 Å². The molecule has 0 bridgehead atoms. The SMILES string of the molecule is O=C([O-])c1ccc(C=NNC(=O)c2nc(-c3ccccc3)n(-c3ccccc3)n2)cc1. The molecule has 3 aromatic carbocycles. The van der Waals surface area contributed by atoms with Gasteiger partial charge < -0.3 is 9.90 Å². The zero-order valence-electron chi connectivity index (χ0n) is 16.2. The number of para-hydroxylation sites is 1. The van der Waals surface area contributed by atoms with Crippen molar-refractivity contribution in [1.82, 2.24) is 20.2 Å². The molecular weight excluding hydrogens is 394 g/mol. The molecule has 8 nitrogen and oxygen atoms in total. The fourth-order valence-corrected chi connectivity index (χ4v) is 2.85. The van der Waals surface area contributed by atoms with E-state index in [9.17, 15) is 14.7 Å². The summed E-state index contributed by atoms with van der Waals surface area (Å²) in [4.78, 5) is 27.8. The monoisotopic (exact) mass is 410 g/mol. The minimum atomic E-state index is -1.26. The molecule has 152 valence electrons. The molecule has 1 aromatic heterocycles. The number of amides is 1. The molecule has 1 amide bonds. The Bertz CT molecular complexity index is 1180. The first-order valence-electron chi connectivity index (χ1n) is 9.34. The van der Waals surface area contributed by atoms with Crippen LogP contribution in [0.3, 0.4) is 0 Å². The van der Waals surface area contributed by atoms with Crippen LogP contribution < -0.4 is 10.5 Å². The van der Waals surface area contributed by atoms with Crippen LogP contribution in [0.25, 0.3) is 17.1 Å². The normalized spacial score (nSPS) is 10.8. The van der Waals surface area contributed by atoms with Crippen LogP contribution in [0.1, 0.15) is 26.5 Å². The molecule has 4 aromatic rings. The molecule has 0 saturated heterocycles. The van der Waals surface area contributed by atoms with Crippen LogP contribution in [0.15, 0.2) is 90.0 Å². The third-order valence-corrected chi connectivity index (χ3v) is 4.37. The summed E-state index contributed by atoms with van der Waals surface area (Å²) in [5, 5.41) is 19.1. The smallest absolute Gasteiger partial charge is 0.311 e. The fourth-order valence-electron chi connectivity index (χ4n) is 2.85. The maximum absolute atomic E-state index is 12.6. The molecule has 0 unspecified atom stereocenters. The topological polar surface area (TPSA) is 112 Å². The van der Waals surface area contributed by atoms with Crippen molar-refractivity contribution >= 4 is 18.1 Å². The van der Waals surface area contributed by atoms with Crippen LogP contribution in [0.2, 0.25) is 0 Å². The lowest BCUT2D eigenvalue weighted by Gasteiger charge is -2.05. The molecule has 8 heteroatoms. The Labute approximate surface area is 177 Å². The first kappa shape index (κ1) is 19.7. The highest BCUT2D eigenvalue weighted by atomic mass is 16.4. The second-order valence-corrected chi connectivity index (χ2v) is 6.48. The molecule has 31 heavy (non-hydrogen) atoms. The molecule has 0 fully saturated rings. The summed E-state index contributed by atoms with van der Waals surface area (Å²) >= 11 is 0. The summed E-state index contributed by atoms with van der Waals surface area (Å²) in [5.41, 5.74) is 4.64. The van der Waals surface area contributed by atoms with Crippen LogP contribution in [-0.2, 0) is 0 Å². The second-order valence-electron chi connectivity index (χ2n) is 6.48.